The van der Waals surface area contributed by atoms with Crippen molar-refractivity contribution in [3.05, 3.63) is 61.2 Å². The number of fused-ring (bicyclic) bond motifs is 1. The summed E-state index contributed by atoms with van der Waals surface area (Å²) in [6, 6.07) is 4.12. The molecule has 0 aliphatic rings. The molecule has 3 rings (SSSR count). The molecule has 21 heavy (non-hydrogen) atoms. The molecule has 0 aromatic carbocycles. The third kappa shape index (κ3) is 2.63. The molecule has 0 aliphatic carbocycles. The summed E-state index contributed by atoms with van der Waals surface area (Å²) in [5, 5.41) is 13.6. The van der Waals surface area contributed by atoms with E-state index in [0.717, 1.165) is 23.7 Å². The summed E-state index contributed by atoms with van der Waals surface area (Å²) >= 11 is 7.46. The first-order valence-corrected chi connectivity index (χ1v) is 7.05. The number of nitrogens with zero attached hydrogens (tertiary/aromatic N) is 4. The molecule has 0 aliphatic heterocycles. The van der Waals surface area contributed by atoms with Crippen molar-refractivity contribution in [1.29, 1.82) is 0 Å². The largest absolute Gasteiger partial charge is 0.301 e. The first-order chi connectivity index (χ1) is 10.0. The number of thiophene rings is 1. The van der Waals surface area contributed by atoms with E-state index in [1.165, 1.54) is 15.9 Å². The molecular weight excluding hydrogens is 316 g/mol. The summed E-state index contributed by atoms with van der Waals surface area (Å²) in [5.41, 5.74) is -0.538. The maximum Gasteiger partial charge on any atom is 0.285 e. The number of nitro groups is 1. The smallest absolute Gasteiger partial charge is 0.285 e. The number of pyridine rings is 1. The van der Waals surface area contributed by atoms with E-state index in [-0.39, 0.29) is 17.8 Å². The highest BCUT2D eigenvalue weighted by atomic mass is 35.5. The van der Waals surface area contributed by atoms with Crippen LogP contribution in [0.15, 0.2) is 34.6 Å². The molecule has 7 nitrogen and oxygen atoms in total. The fourth-order valence-electron chi connectivity index (χ4n) is 1.83. The molecule has 3 aromatic heterocycles. The summed E-state index contributed by atoms with van der Waals surface area (Å²) in [5.74, 6) is 0.331. The van der Waals surface area contributed by atoms with Gasteiger partial charge < -0.3 is 4.57 Å². The molecule has 0 radical (unpaired) electrons. The Kier molecular flexibility index (Phi) is 3.40. The van der Waals surface area contributed by atoms with Gasteiger partial charge in [0.15, 0.2) is 5.82 Å². The monoisotopic (exact) mass is 322 g/mol. The molecule has 0 fully saturated rings. The Morgan fingerprint density at radius 3 is 2.90 bits per heavy atom. The van der Waals surface area contributed by atoms with Gasteiger partial charge in [0.25, 0.3) is 11.2 Å². The Morgan fingerprint density at radius 1 is 1.33 bits per heavy atom. The molecular formula is C12H7ClN4O3S. The molecule has 0 bridgehead atoms. The van der Waals surface area contributed by atoms with Crippen molar-refractivity contribution in [2.75, 3.05) is 0 Å². The Hall–Kier alpha value is -2.32. The Morgan fingerprint density at radius 2 is 2.14 bits per heavy atom. The van der Waals surface area contributed by atoms with Crippen LogP contribution in [0.3, 0.4) is 0 Å². The van der Waals surface area contributed by atoms with Gasteiger partial charge in [-0.3, -0.25) is 14.9 Å². The predicted molar refractivity (Wildman–Crippen MR) is 78.9 cm³/mol. The molecule has 0 amide bonds. The standard InChI is InChI=1S/C12H7ClN4O3S/c13-11-8-3-4-21-12(8)15-9(14-11)6-16-5-7(17(19)20)1-2-10(16)18/h1-5H,6H2. The highest BCUT2D eigenvalue weighted by molar-refractivity contribution is 7.16. The normalized spacial score (nSPS) is 10.9. The van der Waals surface area contributed by atoms with Crippen LogP contribution in [0.2, 0.25) is 5.15 Å². The fourth-order valence-corrected chi connectivity index (χ4v) is 2.92. The van der Waals surface area contributed by atoms with Crippen LogP contribution in [0.1, 0.15) is 5.82 Å². The topological polar surface area (TPSA) is 90.9 Å². The van der Waals surface area contributed by atoms with Crippen molar-refractivity contribution in [2.45, 2.75) is 6.54 Å². The second kappa shape index (κ2) is 5.23. The molecule has 0 atom stereocenters. The highest BCUT2D eigenvalue weighted by Crippen LogP contribution is 2.24. The lowest BCUT2D eigenvalue weighted by atomic mass is 10.4. The van der Waals surface area contributed by atoms with Gasteiger partial charge in [-0.05, 0) is 11.4 Å². The molecule has 3 heterocycles. The first kappa shape index (κ1) is 13.7. The van der Waals surface area contributed by atoms with Crippen LogP contribution in [-0.4, -0.2) is 19.5 Å². The van der Waals surface area contributed by atoms with Crippen molar-refractivity contribution in [3.63, 3.8) is 0 Å². The molecule has 0 saturated heterocycles. The van der Waals surface area contributed by atoms with Crippen LogP contribution in [0.5, 0.6) is 0 Å². The number of hydrogen-bond donors (Lipinski definition) is 0. The van der Waals surface area contributed by atoms with E-state index in [9.17, 15) is 14.9 Å². The summed E-state index contributed by atoms with van der Waals surface area (Å²) in [4.78, 5) is 31.1. The van der Waals surface area contributed by atoms with E-state index in [1.54, 1.807) is 0 Å². The van der Waals surface area contributed by atoms with Gasteiger partial charge in [-0.1, -0.05) is 11.6 Å². The lowest BCUT2D eigenvalue weighted by Gasteiger charge is -2.05. The molecule has 0 unspecified atom stereocenters. The predicted octanol–water partition coefficient (Wildman–Crippen LogP) is 2.46. The van der Waals surface area contributed by atoms with Gasteiger partial charge in [0.2, 0.25) is 0 Å². The van der Waals surface area contributed by atoms with Gasteiger partial charge >= 0.3 is 0 Å². The molecule has 9 heteroatoms. The van der Waals surface area contributed by atoms with E-state index in [4.69, 9.17) is 11.6 Å². The molecule has 0 N–H and O–H groups in total. The third-order valence-electron chi connectivity index (χ3n) is 2.82. The van der Waals surface area contributed by atoms with Crippen molar-refractivity contribution >= 4 is 38.8 Å². The van der Waals surface area contributed by atoms with E-state index in [1.807, 2.05) is 11.4 Å². The van der Waals surface area contributed by atoms with Gasteiger partial charge in [-0.25, -0.2) is 9.97 Å². The number of aromatic nitrogens is 3. The number of rotatable bonds is 3. The van der Waals surface area contributed by atoms with E-state index in [2.05, 4.69) is 9.97 Å². The molecule has 106 valence electrons. The van der Waals surface area contributed by atoms with Gasteiger partial charge in [0.1, 0.15) is 9.98 Å². The summed E-state index contributed by atoms with van der Waals surface area (Å²) in [6.07, 6.45) is 1.16. The maximum absolute atomic E-state index is 11.8. The lowest BCUT2D eigenvalue weighted by Crippen LogP contribution is -2.20. The van der Waals surface area contributed by atoms with Crippen LogP contribution < -0.4 is 5.56 Å². The number of halogens is 1. The molecule has 0 spiro atoms. The zero-order valence-corrected chi connectivity index (χ0v) is 12.0. The van der Waals surface area contributed by atoms with Crippen molar-refractivity contribution in [2.24, 2.45) is 0 Å². The first-order valence-electron chi connectivity index (χ1n) is 5.79. The van der Waals surface area contributed by atoms with Crippen LogP contribution in [0, 0.1) is 10.1 Å². The summed E-state index contributed by atoms with van der Waals surface area (Å²) in [7, 11) is 0. The maximum atomic E-state index is 11.8. The minimum Gasteiger partial charge on any atom is -0.301 e. The molecule has 0 saturated carbocycles. The van der Waals surface area contributed by atoms with Crippen molar-refractivity contribution < 1.29 is 4.92 Å². The molecule has 3 aromatic rings. The summed E-state index contributed by atoms with van der Waals surface area (Å²) in [6.45, 7) is 0.0219. The van der Waals surface area contributed by atoms with E-state index < -0.39 is 4.92 Å². The SMILES string of the molecule is O=c1ccc([N+](=O)[O-])cn1Cc1nc(Cl)c2ccsc2n1. The Bertz CT molecular complexity index is 905. The minimum absolute atomic E-state index is 0.0219. The second-order valence-electron chi connectivity index (χ2n) is 4.18. The van der Waals surface area contributed by atoms with Crippen molar-refractivity contribution in [3.8, 4) is 0 Å². The van der Waals surface area contributed by atoms with Gasteiger partial charge in [0.05, 0.1) is 17.7 Å². The van der Waals surface area contributed by atoms with Crippen LogP contribution >= 0.6 is 22.9 Å². The van der Waals surface area contributed by atoms with Gasteiger partial charge in [-0.15, -0.1) is 11.3 Å². The van der Waals surface area contributed by atoms with E-state index in [0.29, 0.717) is 15.8 Å². The van der Waals surface area contributed by atoms with Crippen LogP contribution in [-0.2, 0) is 6.54 Å². The van der Waals surface area contributed by atoms with Gasteiger partial charge in [0, 0.05) is 17.5 Å². The number of hydrogen-bond acceptors (Lipinski definition) is 6. The average Bonchev–Trinajstić information content (AvgIpc) is 2.90. The third-order valence-corrected chi connectivity index (χ3v) is 3.91. The fraction of sp³-hybridized carbons (Fsp3) is 0.0833. The lowest BCUT2D eigenvalue weighted by molar-refractivity contribution is -0.385. The van der Waals surface area contributed by atoms with E-state index >= 15 is 0 Å². The average molecular weight is 323 g/mol. The van der Waals surface area contributed by atoms with Crippen LogP contribution in [0.4, 0.5) is 5.69 Å². The van der Waals surface area contributed by atoms with Gasteiger partial charge in [-0.2, -0.15) is 0 Å². The Labute approximate surface area is 126 Å². The minimum atomic E-state index is -0.563. The van der Waals surface area contributed by atoms with Crippen LogP contribution in [0.25, 0.3) is 10.2 Å². The second-order valence-corrected chi connectivity index (χ2v) is 5.43. The summed E-state index contributed by atoms with van der Waals surface area (Å²) < 4.78 is 1.18. The zero-order chi connectivity index (χ0) is 15.0. The quantitative estimate of drug-likeness (QED) is 0.419. The zero-order valence-electron chi connectivity index (χ0n) is 10.4. The highest BCUT2D eigenvalue weighted by Gasteiger charge is 2.11. The Balaban J connectivity index is 2.03. The van der Waals surface area contributed by atoms with Crippen molar-refractivity contribution in [1.82, 2.24) is 14.5 Å².